The highest BCUT2D eigenvalue weighted by molar-refractivity contribution is 7.86. The highest BCUT2D eigenvalue weighted by Gasteiger charge is 2.28. The summed E-state index contributed by atoms with van der Waals surface area (Å²) >= 11 is 0. The van der Waals surface area contributed by atoms with Crippen molar-refractivity contribution in [2.75, 3.05) is 0 Å². The first kappa shape index (κ1) is 11.5. The van der Waals surface area contributed by atoms with E-state index in [0.29, 0.717) is 6.42 Å². The summed E-state index contributed by atoms with van der Waals surface area (Å²) in [6.45, 7) is 2.00. The second kappa shape index (κ2) is 4.91. The molecule has 0 saturated heterocycles. The average Bonchev–Trinajstić information content (AvgIpc) is 2.30. The molecule has 2 atom stereocenters. The first-order chi connectivity index (χ1) is 7.68. The van der Waals surface area contributed by atoms with E-state index in [1.807, 2.05) is 31.2 Å². The molecule has 0 bridgehead atoms. The Labute approximate surface area is 98.5 Å². The van der Waals surface area contributed by atoms with Crippen LogP contribution in [-0.4, -0.2) is 15.2 Å². The molecule has 0 amide bonds. The Morgan fingerprint density at radius 1 is 1.19 bits per heavy atom. The van der Waals surface area contributed by atoms with Crippen molar-refractivity contribution in [3.05, 3.63) is 29.8 Å². The SMILES string of the molecule is Cc1ccc(S(=O)[C@H]2CCCCC2=O)cc1. The van der Waals surface area contributed by atoms with E-state index in [4.69, 9.17) is 0 Å². The maximum atomic E-state index is 12.2. The van der Waals surface area contributed by atoms with Gasteiger partial charge in [0.2, 0.25) is 0 Å². The summed E-state index contributed by atoms with van der Waals surface area (Å²) in [5.41, 5.74) is 1.15. The van der Waals surface area contributed by atoms with Crippen molar-refractivity contribution >= 4 is 16.6 Å². The lowest BCUT2D eigenvalue weighted by molar-refractivity contribution is -0.119. The quantitative estimate of drug-likeness (QED) is 0.791. The van der Waals surface area contributed by atoms with Gasteiger partial charge < -0.3 is 0 Å². The van der Waals surface area contributed by atoms with E-state index in [-0.39, 0.29) is 11.0 Å². The largest absolute Gasteiger partial charge is 0.298 e. The second-order valence-electron chi connectivity index (χ2n) is 4.31. The van der Waals surface area contributed by atoms with Gasteiger partial charge in [0.1, 0.15) is 5.78 Å². The van der Waals surface area contributed by atoms with Crippen molar-refractivity contribution in [2.45, 2.75) is 42.8 Å². The van der Waals surface area contributed by atoms with Crippen LogP contribution in [-0.2, 0) is 15.6 Å². The third kappa shape index (κ3) is 2.40. The molecule has 16 heavy (non-hydrogen) atoms. The van der Waals surface area contributed by atoms with E-state index in [2.05, 4.69) is 0 Å². The maximum Gasteiger partial charge on any atom is 0.148 e. The van der Waals surface area contributed by atoms with Crippen molar-refractivity contribution in [3.63, 3.8) is 0 Å². The average molecular weight is 236 g/mol. The lowest BCUT2D eigenvalue weighted by Crippen LogP contribution is -2.29. The summed E-state index contributed by atoms with van der Waals surface area (Å²) in [5, 5.41) is -0.267. The molecule has 2 nitrogen and oxygen atoms in total. The molecule has 0 aromatic heterocycles. The Morgan fingerprint density at radius 3 is 2.50 bits per heavy atom. The summed E-state index contributed by atoms with van der Waals surface area (Å²) in [7, 11) is -1.16. The van der Waals surface area contributed by atoms with E-state index in [1.54, 1.807) is 0 Å². The number of hydrogen-bond donors (Lipinski definition) is 0. The number of hydrogen-bond acceptors (Lipinski definition) is 2. The van der Waals surface area contributed by atoms with E-state index in [9.17, 15) is 9.00 Å². The zero-order valence-corrected chi connectivity index (χ0v) is 10.3. The smallest absolute Gasteiger partial charge is 0.148 e. The fourth-order valence-electron chi connectivity index (χ4n) is 2.01. The molecule has 1 aliphatic rings. The van der Waals surface area contributed by atoms with Crippen LogP contribution in [0.25, 0.3) is 0 Å². The molecule has 0 heterocycles. The Kier molecular flexibility index (Phi) is 3.54. The van der Waals surface area contributed by atoms with Gasteiger partial charge in [0.05, 0.1) is 16.0 Å². The van der Waals surface area contributed by atoms with Crippen LogP contribution >= 0.6 is 0 Å². The molecule has 86 valence electrons. The summed E-state index contributed by atoms with van der Waals surface area (Å²) in [6.07, 6.45) is 3.36. The van der Waals surface area contributed by atoms with Crippen molar-refractivity contribution in [1.82, 2.24) is 0 Å². The van der Waals surface area contributed by atoms with Crippen molar-refractivity contribution < 1.29 is 9.00 Å². The minimum absolute atomic E-state index is 0.171. The predicted molar refractivity (Wildman–Crippen MR) is 64.9 cm³/mol. The first-order valence-electron chi connectivity index (χ1n) is 5.68. The van der Waals surface area contributed by atoms with Crippen LogP contribution in [0.1, 0.15) is 31.2 Å². The molecular weight excluding hydrogens is 220 g/mol. The van der Waals surface area contributed by atoms with Crippen LogP contribution in [0.3, 0.4) is 0 Å². The first-order valence-corrected chi connectivity index (χ1v) is 6.90. The zero-order valence-electron chi connectivity index (χ0n) is 9.44. The highest BCUT2D eigenvalue weighted by Crippen LogP contribution is 2.23. The van der Waals surface area contributed by atoms with E-state index < -0.39 is 10.8 Å². The van der Waals surface area contributed by atoms with Gasteiger partial charge in [0.15, 0.2) is 0 Å². The number of carbonyl (C=O) groups excluding carboxylic acids is 1. The summed E-state index contributed by atoms with van der Waals surface area (Å²) in [6, 6.07) is 7.63. The third-order valence-corrected chi connectivity index (χ3v) is 4.76. The predicted octanol–water partition coefficient (Wildman–Crippen LogP) is 2.61. The topological polar surface area (TPSA) is 34.1 Å². The number of carbonyl (C=O) groups is 1. The van der Waals surface area contributed by atoms with Gasteiger partial charge in [-0.1, -0.05) is 24.1 Å². The molecular formula is C13H16O2S. The molecule has 0 N–H and O–H groups in total. The Hall–Kier alpha value is -0.960. The summed E-state index contributed by atoms with van der Waals surface area (Å²) in [4.78, 5) is 12.5. The Bertz CT molecular complexity index is 408. The molecule has 2 rings (SSSR count). The van der Waals surface area contributed by atoms with Crippen LogP contribution in [0.4, 0.5) is 0 Å². The van der Waals surface area contributed by atoms with Crippen LogP contribution in [0.15, 0.2) is 29.2 Å². The van der Waals surface area contributed by atoms with Crippen LogP contribution < -0.4 is 0 Å². The Morgan fingerprint density at radius 2 is 1.88 bits per heavy atom. The second-order valence-corrected chi connectivity index (χ2v) is 5.95. The van der Waals surface area contributed by atoms with Crippen LogP contribution in [0.5, 0.6) is 0 Å². The van der Waals surface area contributed by atoms with E-state index >= 15 is 0 Å². The van der Waals surface area contributed by atoms with Crippen molar-refractivity contribution in [2.24, 2.45) is 0 Å². The van der Waals surface area contributed by atoms with Crippen molar-refractivity contribution in [3.8, 4) is 0 Å². The molecule has 0 aliphatic heterocycles. The molecule has 1 aliphatic carbocycles. The molecule has 1 aromatic carbocycles. The third-order valence-electron chi connectivity index (χ3n) is 3.01. The monoisotopic (exact) mass is 236 g/mol. The number of benzene rings is 1. The van der Waals surface area contributed by atoms with Crippen molar-refractivity contribution in [1.29, 1.82) is 0 Å². The summed E-state index contributed by atoms with van der Waals surface area (Å²) in [5.74, 6) is 0.171. The van der Waals surface area contributed by atoms with E-state index in [1.165, 1.54) is 0 Å². The molecule has 1 aromatic rings. The molecule has 1 saturated carbocycles. The van der Waals surface area contributed by atoms with Gasteiger partial charge in [-0.3, -0.25) is 9.00 Å². The Balaban J connectivity index is 2.17. The van der Waals surface area contributed by atoms with Gasteiger partial charge in [-0.2, -0.15) is 0 Å². The molecule has 1 unspecified atom stereocenters. The number of ketones is 1. The number of aryl methyl sites for hydroxylation is 1. The van der Waals surface area contributed by atoms with Gasteiger partial charge in [0, 0.05) is 11.3 Å². The van der Waals surface area contributed by atoms with Gasteiger partial charge in [0.25, 0.3) is 0 Å². The maximum absolute atomic E-state index is 12.2. The minimum Gasteiger partial charge on any atom is -0.298 e. The van der Waals surface area contributed by atoms with Crippen LogP contribution in [0.2, 0.25) is 0 Å². The van der Waals surface area contributed by atoms with Gasteiger partial charge in [-0.25, -0.2) is 0 Å². The van der Waals surface area contributed by atoms with Gasteiger partial charge in [-0.05, 0) is 31.9 Å². The lowest BCUT2D eigenvalue weighted by Gasteiger charge is -2.19. The number of rotatable bonds is 2. The highest BCUT2D eigenvalue weighted by atomic mass is 32.2. The molecule has 1 fully saturated rings. The molecule has 3 heteroatoms. The fraction of sp³-hybridized carbons (Fsp3) is 0.462. The normalized spacial score (nSPS) is 23.1. The minimum atomic E-state index is -1.16. The zero-order chi connectivity index (χ0) is 11.5. The fourth-order valence-corrected chi connectivity index (χ4v) is 3.48. The van der Waals surface area contributed by atoms with Gasteiger partial charge >= 0.3 is 0 Å². The van der Waals surface area contributed by atoms with E-state index in [0.717, 1.165) is 29.7 Å². The lowest BCUT2D eigenvalue weighted by atomic mass is 9.99. The van der Waals surface area contributed by atoms with Crippen LogP contribution in [0, 0.1) is 6.92 Å². The summed E-state index contributed by atoms with van der Waals surface area (Å²) < 4.78 is 12.2. The standard InChI is InChI=1S/C13H16O2S/c1-10-6-8-11(9-7-10)16(15)13-5-3-2-4-12(13)14/h6-9,13H,2-5H2,1H3/t13-,16?/m0/s1. The van der Waals surface area contributed by atoms with Gasteiger partial charge in [-0.15, -0.1) is 0 Å². The number of Topliss-reactive ketones (excluding diaryl/α,β-unsaturated/α-hetero) is 1. The molecule has 0 spiro atoms. The molecule has 0 radical (unpaired) electrons.